The predicted octanol–water partition coefficient (Wildman–Crippen LogP) is 3.36. The third-order valence-corrected chi connectivity index (χ3v) is 3.14. The first-order valence-electron chi connectivity index (χ1n) is 7.01. The molecule has 0 spiro atoms. The summed E-state index contributed by atoms with van der Waals surface area (Å²) in [6.45, 7) is 0. The Morgan fingerprint density at radius 3 is 2.17 bits per heavy atom. The SMILES string of the molecule is COc1cccc(NC(=O)C=Cc2cc(OC)cc(OC)c2)c1. The van der Waals surface area contributed by atoms with Crippen LogP contribution in [-0.4, -0.2) is 27.2 Å². The highest BCUT2D eigenvalue weighted by molar-refractivity contribution is 6.02. The first-order valence-corrected chi connectivity index (χ1v) is 7.01. The van der Waals surface area contributed by atoms with Gasteiger partial charge in [-0.05, 0) is 35.9 Å². The summed E-state index contributed by atoms with van der Waals surface area (Å²) in [5.74, 6) is 1.78. The van der Waals surface area contributed by atoms with Crippen LogP contribution in [0.3, 0.4) is 0 Å². The molecule has 0 radical (unpaired) electrons. The third-order valence-electron chi connectivity index (χ3n) is 3.14. The summed E-state index contributed by atoms with van der Waals surface area (Å²) in [4.78, 5) is 12.0. The molecule has 0 saturated heterocycles. The van der Waals surface area contributed by atoms with Crippen molar-refractivity contribution in [3.8, 4) is 17.2 Å². The fraction of sp³-hybridized carbons (Fsp3) is 0.167. The van der Waals surface area contributed by atoms with Gasteiger partial charge in [-0.1, -0.05) is 6.07 Å². The highest BCUT2D eigenvalue weighted by Crippen LogP contribution is 2.23. The quantitative estimate of drug-likeness (QED) is 0.831. The second-order valence-electron chi connectivity index (χ2n) is 4.70. The smallest absolute Gasteiger partial charge is 0.248 e. The van der Waals surface area contributed by atoms with E-state index in [1.165, 1.54) is 6.08 Å². The van der Waals surface area contributed by atoms with Gasteiger partial charge in [0.25, 0.3) is 0 Å². The molecule has 0 unspecified atom stereocenters. The zero-order valence-electron chi connectivity index (χ0n) is 13.3. The number of amides is 1. The largest absolute Gasteiger partial charge is 0.497 e. The number of methoxy groups -OCH3 is 3. The molecule has 0 aliphatic rings. The molecule has 0 aromatic heterocycles. The van der Waals surface area contributed by atoms with Crippen molar-refractivity contribution in [3.63, 3.8) is 0 Å². The Hall–Kier alpha value is -2.95. The zero-order chi connectivity index (χ0) is 16.7. The van der Waals surface area contributed by atoms with E-state index in [9.17, 15) is 4.79 Å². The molecule has 2 aromatic rings. The minimum absolute atomic E-state index is 0.236. The molecule has 2 rings (SSSR count). The van der Waals surface area contributed by atoms with Crippen LogP contribution in [0.1, 0.15) is 5.56 Å². The molecule has 120 valence electrons. The molecule has 5 heteroatoms. The minimum atomic E-state index is -0.236. The molecule has 0 bridgehead atoms. The number of carbonyl (C=O) groups excluding carboxylic acids is 1. The zero-order valence-corrected chi connectivity index (χ0v) is 13.3. The van der Waals surface area contributed by atoms with Crippen molar-refractivity contribution in [1.82, 2.24) is 0 Å². The van der Waals surface area contributed by atoms with E-state index in [0.717, 1.165) is 5.56 Å². The summed E-state index contributed by atoms with van der Waals surface area (Å²) in [7, 11) is 4.74. The first kappa shape index (κ1) is 16.4. The monoisotopic (exact) mass is 313 g/mol. The second kappa shape index (κ2) is 7.89. The van der Waals surface area contributed by atoms with Crippen LogP contribution in [0.5, 0.6) is 17.2 Å². The van der Waals surface area contributed by atoms with Crippen LogP contribution in [-0.2, 0) is 4.79 Å². The van der Waals surface area contributed by atoms with Gasteiger partial charge >= 0.3 is 0 Å². The number of benzene rings is 2. The Kier molecular flexibility index (Phi) is 5.63. The van der Waals surface area contributed by atoms with Crippen molar-refractivity contribution in [3.05, 3.63) is 54.1 Å². The van der Waals surface area contributed by atoms with Gasteiger partial charge < -0.3 is 19.5 Å². The maximum absolute atomic E-state index is 12.0. The lowest BCUT2D eigenvalue weighted by Gasteiger charge is -2.06. The van der Waals surface area contributed by atoms with Crippen LogP contribution in [0.15, 0.2) is 48.5 Å². The predicted molar refractivity (Wildman–Crippen MR) is 90.2 cm³/mol. The lowest BCUT2D eigenvalue weighted by atomic mass is 10.2. The van der Waals surface area contributed by atoms with E-state index < -0.39 is 0 Å². The molecule has 0 aliphatic carbocycles. The summed E-state index contributed by atoms with van der Waals surface area (Å²) < 4.78 is 15.5. The van der Waals surface area contributed by atoms with Gasteiger partial charge in [-0.2, -0.15) is 0 Å². The molecular formula is C18H19NO4. The Bertz CT molecular complexity index is 688. The average Bonchev–Trinajstić information content (AvgIpc) is 2.59. The third kappa shape index (κ3) is 4.78. The van der Waals surface area contributed by atoms with Crippen molar-refractivity contribution >= 4 is 17.7 Å². The van der Waals surface area contributed by atoms with E-state index in [0.29, 0.717) is 22.9 Å². The van der Waals surface area contributed by atoms with Gasteiger partial charge in [0.05, 0.1) is 21.3 Å². The molecule has 23 heavy (non-hydrogen) atoms. The van der Waals surface area contributed by atoms with Crippen LogP contribution in [0.4, 0.5) is 5.69 Å². The molecule has 0 aliphatic heterocycles. The normalized spacial score (nSPS) is 10.4. The van der Waals surface area contributed by atoms with E-state index in [1.807, 2.05) is 24.3 Å². The maximum atomic E-state index is 12.0. The standard InChI is InChI=1S/C18H19NO4/c1-21-15-6-4-5-14(11-15)19-18(20)8-7-13-9-16(22-2)12-17(10-13)23-3/h4-12H,1-3H3,(H,19,20). The van der Waals surface area contributed by atoms with Gasteiger partial charge in [-0.15, -0.1) is 0 Å². The van der Waals surface area contributed by atoms with E-state index in [4.69, 9.17) is 14.2 Å². The number of ether oxygens (including phenoxy) is 3. The highest BCUT2D eigenvalue weighted by atomic mass is 16.5. The number of nitrogens with one attached hydrogen (secondary N) is 1. The van der Waals surface area contributed by atoms with Gasteiger partial charge in [0.1, 0.15) is 17.2 Å². The summed E-state index contributed by atoms with van der Waals surface area (Å²) in [6, 6.07) is 12.6. The van der Waals surface area contributed by atoms with Gasteiger partial charge in [0, 0.05) is 23.9 Å². The topological polar surface area (TPSA) is 56.8 Å². The van der Waals surface area contributed by atoms with E-state index in [2.05, 4.69) is 5.32 Å². The van der Waals surface area contributed by atoms with E-state index >= 15 is 0 Å². The molecule has 1 amide bonds. The molecule has 0 atom stereocenters. The lowest BCUT2D eigenvalue weighted by Crippen LogP contribution is -2.07. The van der Waals surface area contributed by atoms with Crippen LogP contribution in [0.2, 0.25) is 0 Å². The molecule has 1 N–H and O–H groups in total. The Balaban J connectivity index is 2.08. The fourth-order valence-corrected chi connectivity index (χ4v) is 1.98. The lowest BCUT2D eigenvalue weighted by molar-refractivity contribution is -0.111. The Labute approximate surface area is 135 Å². The number of hydrogen-bond donors (Lipinski definition) is 1. The van der Waals surface area contributed by atoms with Gasteiger partial charge in [0.2, 0.25) is 5.91 Å². The van der Waals surface area contributed by atoms with Gasteiger partial charge in [-0.25, -0.2) is 0 Å². The van der Waals surface area contributed by atoms with Crippen molar-refractivity contribution < 1.29 is 19.0 Å². The summed E-state index contributed by atoms with van der Waals surface area (Å²) in [5.41, 5.74) is 1.48. The Morgan fingerprint density at radius 1 is 0.913 bits per heavy atom. The fourth-order valence-electron chi connectivity index (χ4n) is 1.98. The van der Waals surface area contributed by atoms with Crippen LogP contribution < -0.4 is 19.5 Å². The average molecular weight is 313 g/mol. The molecule has 0 heterocycles. The first-order chi connectivity index (χ1) is 11.1. The number of anilines is 1. The van der Waals surface area contributed by atoms with Gasteiger partial charge in [0.15, 0.2) is 0 Å². The highest BCUT2D eigenvalue weighted by Gasteiger charge is 2.02. The molecular weight excluding hydrogens is 294 g/mol. The Morgan fingerprint density at radius 2 is 1.57 bits per heavy atom. The van der Waals surface area contributed by atoms with Gasteiger partial charge in [-0.3, -0.25) is 4.79 Å². The number of carbonyl (C=O) groups is 1. The molecule has 0 fully saturated rings. The van der Waals surface area contributed by atoms with Crippen molar-refractivity contribution in [1.29, 1.82) is 0 Å². The van der Waals surface area contributed by atoms with Crippen LogP contribution in [0, 0.1) is 0 Å². The van der Waals surface area contributed by atoms with Crippen molar-refractivity contribution in [2.24, 2.45) is 0 Å². The second-order valence-corrected chi connectivity index (χ2v) is 4.70. The summed E-state index contributed by atoms with van der Waals surface area (Å²) in [6.07, 6.45) is 3.15. The maximum Gasteiger partial charge on any atom is 0.248 e. The van der Waals surface area contributed by atoms with Crippen LogP contribution >= 0.6 is 0 Å². The van der Waals surface area contributed by atoms with Crippen LogP contribution in [0.25, 0.3) is 6.08 Å². The minimum Gasteiger partial charge on any atom is -0.497 e. The molecule has 5 nitrogen and oxygen atoms in total. The van der Waals surface area contributed by atoms with Crippen molar-refractivity contribution in [2.75, 3.05) is 26.6 Å². The molecule has 0 saturated carbocycles. The van der Waals surface area contributed by atoms with Crippen molar-refractivity contribution in [2.45, 2.75) is 0 Å². The molecule has 2 aromatic carbocycles. The van der Waals surface area contributed by atoms with E-state index in [1.54, 1.807) is 45.6 Å². The van der Waals surface area contributed by atoms with E-state index in [-0.39, 0.29) is 5.91 Å². The number of rotatable bonds is 6. The summed E-state index contributed by atoms with van der Waals surface area (Å²) in [5, 5.41) is 2.78. The summed E-state index contributed by atoms with van der Waals surface area (Å²) >= 11 is 0. The number of hydrogen-bond acceptors (Lipinski definition) is 4.